The maximum Gasteiger partial charge on any atom is 0.139 e. The van der Waals surface area contributed by atoms with Crippen LogP contribution in [0, 0.1) is 34.5 Å². The number of hydrogen-bond acceptors (Lipinski definition) is 2. The van der Waals surface area contributed by atoms with E-state index in [1.165, 1.54) is 32.1 Å². The molecule has 3 fully saturated rings. The lowest BCUT2D eigenvalue weighted by atomic mass is 9.47. The SMILES string of the molecule is C[C@]12CCC(CCO)CC1=CC[C@@H]1[C@H]2CC[C@]2(C)C(=O)CC[C@@H]12. The van der Waals surface area contributed by atoms with Crippen LogP contribution < -0.4 is 0 Å². The molecule has 0 bridgehead atoms. The Bertz CT molecular complexity index is 536. The van der Waals surface area contributed by atoms with Gasteiger partial charge in [-0.2, -0.15) is 0 Å². The van der Waals surface area contributed by atoms with Crippen LogP contribution in [0.15, 0.2) is 11.6 Å². The normalized spacial score (nSPS) is 49.2. The van der Waals surface area contributed by atoms with Crippen LogP contribution in [0.1, 0.15) is 71.6 Å². The van der Waals surface area contributed by atoms with E-state index in [0.29, 0.717) is 29.6 Å². The predicted molar refractivity (Wildman–Crippen MR) is 91.9 cm³/mol. The Balaban J connectivity index is 1.61. The summed E-state index contributed by atoms with van der Waals surface area (Å²) in [5, 5.41) is 9.27. The van der Waals surface area contributed by atoms with Crippen molar-refractivity contribution in [3.63, 3.8) is 0 Å². The molecule has 4 rings (SSSR count). The fourth-order valence-corrected chi connectivity index (χ4v) is 6.94. The Kier molecular flexibility index (Phi) is 3.75. The highest BCUT2D eigenvalue weighted by Crippen LogP contribution is 2.64. The highest BCUT2D eigenvalue weighted by Gasteiger charge is 2.58. The Morgan fingerprint density at radius 3 is 2.65 bits per heavy atom. The van der Waals surface area contributed by atoms with Crippen LogP contribution in [0.3, 0.4) is 0 Å². The number of hydrogen-bond donors (Lipinski definition) is 1. The molecule has 23 heavy (non-hydrogen) atoms. The average Bonchev–Trinajstić information content (AvgIpc) is 2.84. The van der Waals surface area contributed by atoms with E-state index < -0.39 is 0 Å². The molecule has 0 radical (unpaired) electrons. The van der Waals surface area contributed by atoms with Crippen molar-refractivity contribution in [3.8, 4) is 0 Å². The molecular weight excluding hydrogens is 284 g/mol. The van der Waals surface area contributed by atoms with Crippen molar-refractivity contribution in [2.24, 2.45) is 34.5 Å². The van der Waals surface area contributed by atoms with Crippen molar-refractivity contribution < 1.29 is 9.90 Å². The molecule has 0 saturated heterocycles. The number of allylic oxidation sites excluding steroid dienone is 2. The molecule has 2 nitrogen and oxygen atoms in total. The summed E-state index contributed by atoms with van der Waals surface area (Å²) in [6.07, 6.45) is 12.9. The maximum absolute atomic E-state index is 12.4. The summed E-state index contributed by atoms with van der Waals surface area (Å²) < 4.78 is 0. The summed E-state index contributed by atoms with van der Waals surface area (Å²) in [4.78, 5) is 12.4. The first-order chi connectivity index (χ1) is 11.0. The molecule has 4 aliphatic rings. The molecule has 1 unspecified atom stereocenters. The van der Waals surface area contributed by atoms with E-state index in [-0.39, 0.29) is 5.41 Å². The number of aliphatic hydroxyl groups excluding tert-OH is 1. The summed E-state index contributed by atoms with van der Waals surface area (Å²) in [6.45, 7) is 5.12. The molecule has 0 aromatic carbocycles. The molecule has 128 valence electrons. The topological polar surface area (TPSA) is 37.3 Å². The smallest absolute Gasteiger partial charge is 0.139 e. The largest absolute Gasteiger partial charge is 0.396 e. The summed E-state index contributed by atoms with van der Waals surface area (Å²) in [6, 6.07) is 0. The third kappa shape index (κ3) is 2.20. The molecule has 0 aromatic rings. The van der Waals surface area contributed by atoms with E-state index in [4.69, 9.17) is 0 Å². The van der Waals surface area contributed by atoms with Crippen LogP contribution >= 0.6 is 0 Å². The fourth-order valence-electron chi connectivity index (χ4n) is 6.94. The van der Waals surface area contributed by atoms with Gasteiger partial charge in [0.05, 0.1) is 0 Å². The van der Waals surface area contributed by atoms with Gasteiger partial charge in [-0.1, -0.05) is 25.5 Å². The van der Waals surface area contributed by atoms with E-state index in [2.05, 4.69) is 19.9 Å². The zero-order valence-electron chi connectivity index (χ0n) is 14.8. The molecule has 0 spiro atoms. The first-order valence-electron chi connectivity index (χ1n) is 9.82. The predicted octanol–water partition coefficient (Wildman–Crippen LogP) is 4.52. The number of ketones is 1. The van der Waals surface area contributed by atoms with Crippen molar-refractivity contribution in [2.45, 2.75) is 71.6 Å². The van der Waals surface area contributed by atoms with Crippen LogP contribution in [-0.4, -0.2) is 17.5 Å². The second-order valence-electron chi connectivity index (χ2n) is 9.30. The lowest BCUT2D eigenvalue weighted by molar-refractivity contribution is -0.131. The zero-order valence-corrected chi connectivity index (χ0v) is 14.8. The Morgan fingerprint density at radius 2 is 1.87 bits per heavy atom. The minimum Gasteiger partial charge on any atom is -0.396 e. The lowest BCUT2D eigenvalue weighted by Gasteiger charge is -2.57. The van der Waals surface area contributed by atoms with Gasteiger partial charge >= 0.3 is 0 Å². The third-order valence-electron chi connectivity index (χ3n) is 8.45. The molecule has 4 aliphatic carbocycles. The average molecular weight is 316 g/mol. The molecule has 0 aliphatic heterocycles. The minimum absolute atomic E-state index is 0.00302. The molecule has 1 N–H and O–H groups in total. The Labute approximate surface area is 140 Å². The van der Waals surface area contributed by atoms with Gasteiger partial charge in [-0.05, 0) is 80.5 Å². The number of Topliss-reactive ketones (excluding diaryl/α,β-unsaturated/α-hetero) is 1. The van der Waals surface area contributed by atoms with Gasteiger partial charge in [-0.25, -0.2) is 0 Å². The summed E-state index contributed by atoms with van der Waals surface area (Å²) in [5.41, 5.74) is 2.06. The van der Waals surface area contributed by atoms with E-state index in [1.54, 1.807) is 5.57 Å². The number of aliphatic hydroxyl groups is 1. The van der Waals surface area contributed by atoms with Gasteiger partial charge in [0.2, 0.25) is 0 Å². The quantitative estimate of drug-likeness (QED) is 0.761. The van der Waals surface area contributed by atoms with Gasteiger partial charge < -0.3 is 5.11 Å². The number of fused-ring (bicyclic) bond motifs is 5. The molecule has 3 saturated carbocycles. The highest BCUT2D eigenvalue weighted by molar-refractivity contribution is 5.87. The van der Waals surface area contributed by atoms with Gasteiger partial charge in [0.15, 0.2) is 0 Å². The van der Waals surface area contributed by atoms with E-state index in [1.807, 2.05) is 0 Å². The first-order valence-corrected chi connectivity index (χ1v) is 9.82. The molecule has 0 amide bonds. The van der Waals surface area contributed by atoms with Crippen molar-refractivity contribution in [2.75, 3.05) is 6.61 Å². The number of carbonyl (C=O) groups is 1. The van der Waals surface area contributed by atoms with Crippen LogP contribution in [0.5, 0.6) is 0 Å². The number of carbonyl (C=O) groups excluding carboxylic acids is 1. The number of rotatable bonds is 2. The third-order valence-corrected chi connectivity index (χ3v) is 8.45. The maximum atomic E-state index is 12.4. The van der Waals surface area contributed by atoms with E-state index in [0.717, 1.165) is 37.5 Å². The fraction of sp³-hybridized carbons (Fsp3) is 0.857. The van der Waals surface area contributed by atoms with Gasteiger partial charge in [-0.15, -0.1) is 0 Å². The van der Waals surface area contributed by atoms with Crippen LogP contribution in [0.25, 0.3) is 0 Å². The lowest BCUT2D eigenvalue weighted by Crippen LogP contribution is -2.50. The van der Waals surface area contributed by atoms with E-state index >= 15 is 0 Å². The summed E-state index contributed by atoms with van der Waals surface area (Å²) in [7, 11) is 0. The van der Waals surface area contributed by atoms with Crippen LogP contribution in [-0.2, 0) is 4.79 Å². The minimum atomic E-state index is -0.00302. The van der Waals surface area contributed by atoms with Crippen molar-refractivity contribution in [3.05, 3.63) is 11.6 Å². The van der Waals surface area contributed by atoms with Gasteiger partial charge in [0.25, 0.3) is 0 Å². The van der Waals surface area contributed by atoms with Crippen LogP contribution in [0.4, 0.5) is 0 Å². The molecule has 0 aromatic heterocycles. The molecular formula is C21H32O2. The first kappa shape index (κ1) is 15.9. The van der Waals surface area contributed by atoms with Crippen LogP contribution in [0.2, 0.25) is 0 Å². The van der Waals surface area contributed by atoms with Crippen molar-refractivity contribution in [1.29, 1.82) is 0 Å². The second kappa shape index (κ2) is 5.44. The van der Waals surface area contributed by atoms with Gasteiger partial charge in [-0.3, -0.25) is 4.79 Å². The monoisotopic (exact) mass is 316 g/mol. The molecule has 2 heteroatoms. The second-order valence-corrected chi connectivity index (χ2v) is 9.30. The van der Waals surface area contributed by atoms with Crippen molar-refractivity contribution >= 4 is 5.78 Å². The molecule has 6 atom stereocenters. The molecule has 0 heterocycles. The summed E-state index contributed by atoms with van der Waals surface area (Å²) >= 11 is 0. The van der Waals surface area contributed by atoms with E-state index in [9.17, 15) is 9.90 Å². The Hall–Kier alpha value is -0.630. The van der Waals surface area contributed by atoms with Gasteiger partial charge in [0.1, 0.15) is 5.78 Å². The standard InChI is InChI=1S/C21H32O2/c1-20-10-7-14(9-12-22)13-15(20)3-4-16-17-5-6-19(23)21(17,2)11-8-18(16)20/h3,14,16-18,22H,4-13H2,1-2H3/t14?,16-,17-,18+,20-,21-/m0/s1. The highest BCUT2D eigenvalue weighted by atomic mass is 16.3. The zero-order chi connectivity index (χ0) is 16.2. The summed E-state index contributed by atoms with van der Waals surface area (Å²) in [5.74, 6) is 3.41. The van der Waals surface area contributed by atoms with Crippen molar-refractivity contribution in [1.82, 2.24) is 0 Å². The Morgan fingerprint density at radius 1 is 1.13 bits per heavy atom. The van der Waals surface area contributed by atoms with Gasteiger partial charge in [0, 0.05) is 18.4 Å².